The number of likely N-dealkylation sites (N-methyl/N-ethyl adjacent to an activating group) is 1. The first-order valence-electron chi connectivity index (χ1n) is 25.1. The summed E-state index contributed by atoms with van der Waals surface area (Å²) in [6.07, 6.45) is 43.5. The largest absolute Gasteiger partial charge is 0.756 e. The van der Waals surface area contributed by atoms with Crippen LogP contribution in [0.4, 0.5) is 0 Å². The Bertz CT molecular complexity index is 1650. The number of rotatable bonds is 41. The fraction of sp³-hybridized carbons (Fsp3) is 0.667. The topological polar surface area (TPSA) is 145 Å². The molecular weight excluding hydrogens is 854 g/mol. The van der Waals surface area contributed by atoms with Gasteiger partial charge in [0.1, 0.15) is 31.3 Å². The molecule has 0 radical (unpaired) electrons. The molecule has 1 aromatic rings. The van der Waals surface area contributed by atoms with Gasteiger partial charge < -0.3 is 37.4 Å². The molecule has 3 atom stereocenters. The van der Waals surface area contributed by atoms with Gasteiger partial charge >= 0.3 is 11.9 Å². The van der Waals surface area contributed by atoms with Gasteiger partial charge in [-0.2, -0.15) is 0 Å². The van der Waals surface area contributed by atoms with Crippen LogP contribution in [0.15, 0.2) is 77.3 Å². The van der Waals surface area contributed by atoms with Gasteiger partial charge in [-0.3, -0.25) is 14.2 Å². The molecular formula is C54H90NO10P. The van der Waals surface area contributed by atoms with Crippen LogP contribution in [0.25, 0.3) is 0 Å². The Morgan fingerprint density at radius 2 is 1.24 bits per heavy atom. The molecule has 66 heavy (non-hydrogen) atoms. The van der Waals surface area contributed by atoms with Crippen molar-refractivity contribution in [3.63, 3.8) is 0 Å². The lowest BCUT2D eigenvalue weighted by Crippen LogP contribution is -2.37. The number of unbranched alkanes of at least 4 members (excludes halogenated alkanes) is 11. The third-order valence-corrected chi connectivity index (χ3v) is 12.0. The molecule has 0 spiro atoms. The SMILES string of the molecule is CC/C=C\C/C=C\C/C=C\C/C=C\C=C/C(O)C/C=C\CCC(=O)OC[C@H](COP(=O)([O-])OCC[N+](C)(C)C)OC(=O)CCCCCCCCCCCCc1oc(CCCCC)c(C)c1C. The monoisotopic (exact) mass is 944 g/mol. The quantitative estimate of drug-likeness (QED) is 0.0168. The van der Waals surface area contributed by atoms with Crippen molar-refractivity contribution < 1.29 is 51.6 Å². The van der Waals surface area contributed by atoms with E-state index in [1.807, 2.05) is 39.4 Å². The molecule has 376 valence electrons. The molecule has 0 aromatic carbocycles. The number of phosphoric acid groups is 1. The molecule has 1 rings (SSSR count). The van der Waals surface area contributed by atoms with E-state index in [2.05, 4.69) is 64.2 Å². The van der Waals surface area contributed by atoms with Crippen LogP contribution in [0.2, 0.25) is 0 Å². The van der Waals surface area contributed by atoms with E-state index >= 15 is 0 Å². The average Bonchev–Trinajstić information content (AvgIpc) is 3.53. The van der Waals surface area contributed by atoms with Gasteiger partial charge in [0.05, 0.1) is 33.9 Å². The van der Waals surface area contributed by atoms with Gasteiger partial charge in [-0.05, 0) is 82.8 Å². The van der Waals surface area contributed by atoms with E-state index < -0.39 is 38.6 Å². The van der Waals surface area contributed by atoms with Crippen molar-refractivity contribution in [2.45, 2.75) is 188 Å². The highest BCUT2D eigenvalue weighted by atomic mass is 31.2. The van der Waals surface area contributed by atoms with Crippen molar-refractivity contribution in [1.82, 2.24) is 0 Å². The van der Waals surface area contributed by atoms with Gasteiger partial charge in [0.25, 0.3) is 7.82 Å². The summed E-state index contributed by atoms with van der Waals surface area (Å²) in [5.74, 6) is 1.32. The summed E-state index contributed by atoms with van der Waals surface area (Å²) in [5, 5.41) is 10.2. The number of furan rings is 1. The summed E-state index contributed by atoms with van der Waals surface area (Å²) in [6.45, 7) is 8.23. The molecule has 1 N–H and O–H groups in total. The maximum atomic E-state index is 12.8. The Morgan fingerprint density at radius 1 is 0.682 bits per heavy atom. The van der Waals surface area contributed by atoms with E-state index in [1.165, 1.54) is 74.0 Å². The standard InChI is InChI=1S/C54H90NO10P/c1-8-10-12-13-14-15-16-17-18-21-24-27-32-37-49(56)38-33-30-36-41-53(57)61-45-50(46-63-66(59,60)62-44-43-55(5,6)7)64-54(58)42-35-29-26-23-20-19-22-25-28-34-40-52-48(4)47(3)51(65-52)39-31-11-9-2/h10,12,14-15,17-18,24,27,30,32-33,37,49-50,56H,8-9,11,13,16,19-23,25-26,28-29,31,34-36,38-46H2,1-7H3/b12-10-,15-14-,18-17-,27-24-,33-30-,37-32-/t49?,50-/m1/s1. The number of hydrogen-bond acceptors (Lipinski definition) is 10. The van der Waals surface area contributed by atoms with E-state index in [4.69, 9.17) is 22.9 Å². The summed E-state index contributed by atoms with van der Waals surface area (Å²) in [4.78, 5) is 37.8. The maximum Gasteiger partial charge on any atom is 0.306 e. The second-order valence-electron chi connectivity index (χ2n) is 18.2. The first-order chi connectivity index (χ1) is 31.7. The van der Waals surface area contributed by atoms with Crippen LogP contribution in [-0.2, 0) is 45.5 Å². The zero-order valence-electron chi connectivity index (χ0n) is 42.2. The Kier molecular flexibility index (Phi) is 35.5. The third kappa shape index (κ3) is 34.9. The van der Waals surface area contributed by atoms with Gasteiger partial charge in [0.15, 0.2) is 6.10 Å². The van der Waals surface area contributed by atoms with E-state index in [9.17, 15) is 24.2 Å². The predicted octanol–water partition coefficient (Wildman–Crippen LogP) is 12.6. The summed E-state index contributed by atoms with van der Waals surface area (Å²) in [7, 11) is 1.04. The molecule has 12 heteroatoms. The van der Waals surface area contributed by atoms with Crippen molar-refractivity contribution in [3.8, 4) is 0 Å². The van der Waals surface area contributed by atoms with Gasteiger partial charge in [0, 0.05) is 25.7 Å². The molecule has 0 fully saturated rings. The summed E-state index contributed by atoms with van der Waals surface area (Å²) >= 11 is 0. The lowest BCUT2D eigenvalue weighted by atomic mass is 10.0. The van der Waals surface area contributed by atoms with Crippen molar-refractivity contribution >= 4 is 19.8 Å². The highest BCUT2D eigenvalue weighted by Gasteiger charge is 2.22. The number of ether oxygens (including phenoxy) is 2. The summed E-state index contributed by atoms with van der Waals surface area (Å²) in [5.41, 5.74) is 2.67. The number of esters is 2. The van der Waals surface area contributed by atoms with Crippen LogP contribution >= 0.6 is 7.82 Å². The lowest BCUT2D eigenvalue weighted by Gasteiger charge is -2.28. The van der Waals surface area contributed by atoms with Crippen LogP contribution < -0.4 is 4.89 Å². The van der Waals surface area contributed by atoms with Crippen LogP contribution in [0.5, 0.6) is 0 Å². The minimum absolute atomic E-state index is 0.0609. The number of nitrogens with zero attached hydrogens (tertiary/aromatic N) is 1. The molecule has 0 amide bonds. The zero-order valence-corrected chi connectivity index (χ0v) is 43.1. The highest BCUT2D eigenvalue weighted by molar-refractivity contribution is 7.45. The molecule has 0 aliphatic carbocycles. The molecule has 0 saturated carbocycles. The van der Waals surface area contributed by atoms with Gasteiger partial charge in [0.2, 0.25) is 0 Å². The highest BCUT2D eigenvalue weighted by Crippen LogP contribution is 2.38. The van der Waals surface area contributed by atoms with E-state index in [0.29, 0.717) is 30.3 Å². The molecule has 0 saturated heterocycles. The van der Waals surface area contributed by atoms with Crippen molar-refractivity contribution in [2.75, 3.05) is 47.5 Å². The Labute approximate surface area is 400 Å². The number of aliphatic hydroxyl groups is 1. The number of carbonyl (C=O) groups is 2. The lowest BCUT2D eigenvalue weighted by molar-refractivity contribution is -0.870. The molecule has 11 nitrogen and oxygen atoms in total. The van der Waals surface area contributed by atoms with Crippen molar-refractivity contribution in [3.05, 3.63) is 95.6 Å². The number of aryl methyl sites for hydroxylation is 2. The molecule has 1 heterocycles. The number of allylic oxidation sites excluding steroid dienone is 10. The predicted molar refractivity (Wildman–Crippen MR) is 268 cm³/mol. The maximum absolute atomic E-state index is 12.8. The Hall–Kier alpha value is -3.31. The minimum Gasteiger partial charge on any atom is -0.756 e. The smallest absolute Gasteiger partial charge is 0.306 e. The second-order valence-corrected chi connectivity index (χ2v) is 19.6. The second kappa shape index (κ2) is 38.6. The normalized spacial score (nSPS) is 14.5. The van der Waals surface area contributed by atoms with Crippen LogP contribution in [0.1, 0.15) is 171 Å². The van der Waals surface area contributed by atoms with Gasteiger partial charge in [-0.15, -0.1) is 0 Å². The van der Waals surface area contributed by atoms with Crippen molar-refractivity contribution in [2.24, 2.45) is 0 Å². The molecule has 0 aliphatic heterocycles. The van der Waals surface area contributed by atoms with Crippen molar-refractivity contribution in [1.29, 1.82) is 0 Å². The van der Waals surface area contributed by atoms with Crippen LogP contribution in [0.3, 0.4) is 0 Å². The summed E-state index contributed by atoms with van der Waals surface area (Å²) in [6, 6.07) is 0. The van der Waals surface area contributed by atoms with Crippen LogP contribution in [0, 0.1) is 13.8 Å². The number of quaternary nitrogens is 1. The molecule has 0 aliphatic rings. The number of carbonyl (C=O) groups excluding carboxylic acids is 2. The molecule has 2 unspecified atom stereocenters. The average molecular weight is 944 g/mol. The summed E-state index contributed by atoms with van der Waals surface area (Å²) < 4.78 is 40.1. The number of hydrogen-bond donors (Lipinski definition) is 1. The fourth-order valence-electron chi connectivity index (χ4n) is 6.83. The van der Waals surface area contributed by atoms with E-state index in [1.54, 1.807) is 18.2 Å². The molecule has 0 bridgehead atoms. The first kappa shape index (κ1) is 60.7. The molecule has 1 aromatic heterocycles. The first-order valence-corrected chi connectivity index (χ1v) is 26.6. The van der Waals surface area contributed by atoms with E-state index in [0.717, 1.165) is 64.2 Å². The number of phosphoric ester groups is 1. The fourth-order valence-corrected chi connectivity index (χ4v) is 7.55. The number of aliphatic hydroxyl groups excluding tert-OH is 1. The third-order valence-electron chi connectivity index (χ3n) is 11.0. The minimum atomic E-state index is -4.69. The van der Waals surface area contributed by atoms with E-state index in [-0.39, 0.29) is 26.1 Å². The Morgan fingerprint density at radius 3 is 1.83 bits per heavy atom. The zero-order chi connectivity index (χ0) is 48.7. The Balaban J connectivity index is 2.39. The van der Waals surface area contributed by atoms with Crippen LogP contribution in [-0.4, -0.2) is 81.2 Å². The van der Waals surface area contributed by atoms with Gasteiger partial charge in [-0.25, -0.2) is 0 Å². The van der Waals surface area contributed by atoms with Gasteiger partial charge in [-0.1, -0.05) is 151 Å².